The van der Waals surface area contributed by atoms with Crippen molar-refractivity contribution in [3.05, 3.63) is 46.3 Å². The van der Waals surface area contributed by atoms with Gasteiger partial charge >= 0.3 is 0 Å². The highest BCUT2D eigenvalue weighted by molar-refractivity contribution is 9.10. The molecule has 3 rings (SSSR count). The zero-order valence-electron chi connectivity index (χ0n) is 13.7. The first-order chi connectivity index (χ1) is 11.8. The van der Waals surface area contributed by atoms with Gasteiger partial charge in [-0.25, -0.2) is 9.97 Å². The van der Waals surface area contributed by atoms with Gasteiger partial charge in [-0.3, -0.25) is 4.40 Å². The number of hydrogen-bond acceptors (Lipinski definition) is 4. The monoisotopic (exact) mass is 410 g/mol. The standard InChI is InChI=1S/C17H17BrF2N4O/c1-3-13(25)17(19,20)10-5-4-9(2)11(6-10)12-7-22-16-15(21)23-14(18)8-24(12)16/h4-8,13,25H,3H2,1-2H3,(H2,21,23). The summed E-state index contributed by atoms with van der Waals surface area (Å²) in [4.78, 5) is 8.32. The number of hydrogen-bond donors (Lipinski definition) is 2. The summed E-state index contributed by atoms with van der Waals surface area (Å²) in [5.41, 5.74) is 8.09. The minimum Gasteiger partial charge on any atom is -0.386 e. The number of benzene rings is 1. The molecular weight excluding hydrogens is 394 g/mol. The number of nitrogen functional groups attached to an aromatic ring is 1. The van der Waals surface area contributed by atoms with Crippen molar-refractivity contribution >= 4 is 27.4 Å². The van der Waals surface area contributed by atoms with Crippen molar-refractivity contribution in [2.24, 2.45) is 0 Å². The quantitative estimate of drug-likeness (QED) is 0.683. The lowest BCUT2D eigenvalue weighted by Gasteiger charge is -2.23. The summed E-state index contributed by atoms with van der Waals surface area (Å²) < 4.78 is 31.1. The number of halogens is 3. The van der Waals surface area contributed by atoms with Crippen molar-refractivity contribution in [1.29, 1.82) is 0 Å². The van der Waals surface area contributed by atoms with E-state index in [0.29, 0.717) is 21.5 Å². The second kappa shape index (κ2) is 6.34. The Bertz CT molecular complexity index is 942. The van der Waals surface area contributed by atoms with Gasteiger partial charge in [0.2, 0.25) is 0 Å². The molecule has 0 radical (unpaired) electrons. The number of anilines is 1. The largest absolute Gasteiger partial charge is 0.386 e. The fourth-order valence-corrected chi connectivity index (χ4v) is 3.13. The van der Waals surface area contributed by atoms with Crippen molar-refractivity contribution in [3.63, 3.8) is 0 Å². The first-order valence-corrected chi connectivity index (χ1v) is 8.51. The predicted molar refractivity (Wildman–Crippen MR) is 95.5 cm³/mol. The third-order valence-corrected chi connectivity index (χ3v) is 4.57. The first kappa shape index (κ1) is 17.8. The Labute approximate surface area is 151 Å². The maximum atomic E-state index is 14.4. The van der Waals surface area contributed by atoms with E-state index in [-0.39, 0.29) is 17.8 Å². The smallest absolute Gasteiger partial charge is 0.298 e. The summed E-state index contributed by atoms with van der Waals surface area (Å²) in [6.45, 7) is 3.35. The molecule has 0 aliphatic carbocycles. The Morgan fingerprint density at radius 1 is 1.40 bits per heavy atom. The molecular formula is C17H17BrF2N4O. The Balaban J connectivity index is 2.20. The minimum atomic E-state index is -3.33. The van der Waals surface area contributed by atoms with Crippen molar-refractivity contribution in [3.8, 4) is 11.3 Å². The van der Waals surface area contributed by atoms with Crippen LogP contribution in [-0.4, -0.2) is 25.6 Å². The fraction of sp³-hybridized carbons (Fsp3) is 0.294. The van der Waals surface area contributed by atoms with E-state index in [1.807, 2.05) is 6.92 Å². The van der Waals surface area contributed by atoms with Gasteiger partial charge in [-0.15, -0.1) is 0 Å². The second-order valence-corrected chi connectivity index (χ2v) is 6.68. The molecule has 8 heteroatoms. The molecule has 5 nitrogen and oxygen atoms in total. The number of aliphatic hydroxyl groups excluding tert-OH is 1. The Kier molecular flexibility index (Phi) is 4.51. The Morgan fingerprint density at radius 2 is 2.12 bits per heavy atom. The summed E-state index contributed by atoms with van der Waals surface area (Å²) in [6.07, 6.45) is 1.47. The summed E-state index contributed by atoms with van der Waals surface area (Å²) in [7, 11) is 0. The number of aliphatic hydroxyl groups is 1. The van der Waals surface area contributed by atoms with Gasteiger partial charge in [0.15, 0.2) is 11.5 Å². The molecule has 2 aromatic heterocycles. The molecule has 0 spiro atoms. The van der Waals surface area contributed by atoms with Gasteiger partial charge < -0.3 is 10.8 Å². The van der Waals surface area contributed by atoms with Crippen LogP contribution in [0.3, 0.4) is 0 Å². The van der Waals surface area contributed by atoms with Crippen molar-refractivity contribution in [2.75, 3.05) is 5.73 Å². The normalized spacial score (nSPS) is 13.4. The summed E-state index contributed by atoms with van der Waals surface area (Å²) >= 11 is 3.28. The maximum absolute atomic E-state index is 14.4. The van der Waals surface area contributed by atoms with Crippen LogP contribution in [0.4, 0.5) is 14.6 Å². The number of alkyl halides is 2. The van der Waals surface area contributed by atoms with E-state index in [9.17, 15) is 13.9 Å². The predicted octanol–water partition coefficient (Wildman–Crippen LogP) is 3.91. The highest BCUT2D eigenvalue weighted by Crippen LogP contribution is 2.37. The van der Waals surface area contributed by atoms with Crippen molar-refractivity contribution in [2.45, 2.75) is 32.3 Å². The number of rotatable bonds is 4. The van der Waals surface area contributed by atoms with Crippen LogP contribution in [-0.2, 0) is 5.92 Å². The van der Waals surface area contributed by atoms with Gasteiger partial charge in [0, 0.05) is 17.3 Å². The molecule has 0 fully saturated rings. The molecule has 1 unspecified atom stereocenters. The SMILES string of the molecule is CCC(O)C(F)(F)c1ccc(C)c(-c2cnc3c(N)nc(Br)cn23)c1. The number of nitrogens with two attached hydrogens (primary N) is 1. The molecule has 1 atom stereocenters. The minimum absolute atomic E-state index is 0.0407. The third kappa shape index (κ3) is 3.00. The van der Waals surface area contributed by atoms with Gasteiger partial charge in [-0.2, -0.15) is 8.78 Å². The number of imidazole rings is 1. The lowest BCUT2D eigenvalue weighted by molar-refractivity contribution is -0.115. The lowest BCUT2D eigenvalue weighted by Crippen LogP contribution is -2.30. The van der Waals surface area contributed by atoms with Gasteiger partial charge in [0.1, 0.15) is 10.7 Å². The van der Waals surface area contributed by atoms with Crippen molar-refractivity contribution < 1.29 is 13.9 Å². The van der Waals surface area contributed by atoms with Crippen LogP contribution < -0.4 is 5.73 Å². The van der Waals surface area contributed by atoms with Gasteiger partial charge in [-0.05, 0) is 40.9 Å². The van der Waals surface area contributed by atoms with E-state index >= 15 is 0 Å². The number of fused-ring (bicyclic) bond motifs is 1. The average Bonchev–Trinajstić information content (AvgIpc) is 2.98. The van der Waals surface area contributed by atoms with Gasteiger partial charge in [0.05, 0.1) is 11.9 Å². The van der Waals surface area contributed by atoms with Crippen LogP contribution in [0.5, 0.6) is 0 Å². The van der Waals surface area contributed by atoms with E-state index in [2.05, 4.69) is 25.9 Å². The van der Waals surface area contributed by atoms with Gasteiger partial charge in [0.25, 0.3) is 5.92 Å². The molecule has 132 valence electrons. The molecule has 3 N–H and O–H groups in total. The number of aryl methyl sites for hydroxylation is 1. The summed E-state index contributed by atoms with van der Waals surface area (Å²) in [5.74, 6) is -3.10. The lowest BCUT2D eigenvalue weighted by atomic mass is 9.96. The number of aromatic nitrogens is 3. The zero-order valence-corrected chi connectivity index (χ0v) is 15.3. The van der Waals surface area contributed by atoms with E-state index in [1.165, 1.54) is 19.1 Å². The molecule has 2 heterocycles. The molecule has 3 aromatic rings. The van der Waals surface area contributed by atoms with Crippen LogP contribution in [0.15, 0.2) is 35.2 Å². The summed E-state index contributed by atoms with van der Waals surface area (Å²) in [5, 5.41) is 9.68. The molecule has 0 bridgehead atoms. The Hall–Kier alpha value is -2.06. The highest BCUT2D eigenvalue weighted by atomic mass is 79.9. The van der Waals surface area contributed by atoms with Gasteiger partial charge in [-0.1, -0.05) is 19.1 Å². The third-order valence-electron chi connectivity index (χ3n) is 4.19. The topological polar surface area (TPSA) is 76.4 Å². The van der Waals surface area contributed by atoms with E-state index in [4.69, 9.17) is 5.73 Å². The van der Waals surface area contributed by atoms with E-state index in [0.717, 1.165) is 5.56 Å². The molecule has 0 aliphatic heterocycles. The zero-order chi connectivity index (χ0) is 18.4. The second-order valence-electron chi connectivity index (χ2n) is 5.86. The molecule has 0 aliphatic rings. The van der Waals surface area contributed by atoms with E-state index < -0.39 is 12.0 Å². The highest BCUT2D eigenvalue weighted by Gasteiger charge is 2.39. The summed E-state index contributed by atoms with van der Waals surface area (Å²) in [6, 6.07) is 4.34. The molecule has 1 aromatic carbocycles. The first-order valence-electron chi connectivity index (χ1n) is 7.72. The van der Waals surface area contributed by atoms with Crippen LogP contribution >= 0.6 is 15.9 Å². The van der Waals surface area contributed by atoms with Crippen LogP contribution in [0.2, 0.25) is 0 Å². The van der Waals surface area contributed by atoms with E-state index in [1.54, 1.807) is 22.9 Å². The molecule has 0 saturated heterocycles. The molecule has 0 amide bonds. The number of nitrogens with zero attached hydrogens (tertiary/aromatic N) is 3. The van der Waals surface area contributed by atoms with Crippen LogP contribution in [0, 0.1) is 6.92 Å². The average molecular weight is 411 g/mol. The molecule has 0 saturated carbocycles. The van der Waals surface area contributed by atoms with Crippen molar-refractivity contribution in [1.82, 2.24) is 14.4 Å². The van der Waals surface area contributed by atoms with Crippen LogP contribution in [0.1, 0.15) is 24.5 Å². The van der Waals surface area contributed by atoms with Crippen LogP contribution in [0.25, 0.3) is 16.9 Å². The Morgan fingerprint density at radius 3 is 2.80 bits per heavy atom. The maximum Gasteiger partial charge on any atom is 0.298 e. The molecule has 25 heavy (non-hydrogen) atoms. The fourth-order valence-electron chi connectivity index (χ4n) is 2.73.